The monoisotopic (exact) mass is 497 g/mol. The van der Waals surface area contributed by atoms with E-state index < -0.39 is 0 Å². The van der Waals surface area contributed by atoms with Crippen LogP contribution < -0.4 is 20.5 Å². The smallest absolute Gasteiger partial charge is 0.220 e. The molecule has 0 atom stereocenters. The predicted octanol–water partition coefficient (Wildman–Crippen LogP) is 3.96. The third-order valence-electron chi connectivity index (χ3n) is 5.60. The second kappa shape index (κ2) is 10.7. The Morgan fingerprint density at radius 1 is 1.09 bits per heavy atom. The molecule has 35 heavy (non-hydrogen) atoms. The first-order chi connectivity index (χ1) is 17.0. The van der Waals surface area contributed by atoms with Crippen LogP contribution in [-0.2, 0) is 24.2 Å². The van der Waals surface area contributed by atoms with Gasteiger partial charge in [0.25, 0.3) is 0 Å². The topological polar surface area (TPSA) is 122 Å². The minimum Gasteiger partial charge on any atom is -0.496 e. The SMILES string of the molecule is CCc1c(OC)cc(OC)c(Cl)c1-c1cc2cnc(N)nc2c(NCc2cnn(CCOC)c2)n1. The molecular weight excluding hydrogens is 470 g/mol. The fraction of sp³-hybridized carbons (Fsp3) is 0.333. The molecule has 184 valence electrons. The number of anilines is 2. The number of nitrogen functional groups attached to an aromatic ring is 1. The average Bonchev–Trinajstić information content (AvgIpc) is 3.33. The Hall–Kier alpha value is -3.63. The lowest BCUT2D eigenvalue weighted by molar-refractivity contribution is 0.183. The first-order valence-electron chi connectivity index (χ1n) is 11.1. The standard InChI is InChI=1S/C24H28ClN7O3/c1-5-16-18(34-3)9-19(35-4)21(25)20(16)17-8-15-12-28-24(26)31-22(15)23(30-17)27-10-14-11-29-32(13-14)6-7-33-2/h8-9,11-13H,5-7,10H2,1-4H3,(H,27,30)(H2,26,28,31). The normalized spacial score (nSPS) is 11.1. The van der Waals surface area contributed by atoms with Crippen LogP contribution in [0, 0.1) is 0 Å². The summed E-state index contributed by atoms with van der Waals surface area (Å²) < 4.78 is 18.1. The Morgan fingerprint density at radius 2 is 1.89 bits per heavy atom. The van der Waals surface area contributed by atoms with Crippen molar-refractivity contribution in [3.63, 3.8) is 0 Å². The van der Waals surface area contributed by atoms with Gasteiger partial charge in [0.05, 0.1) is 44.3 Å². The van der Waals surface area contributed by atoms with Crippen molar-refractivity contribution in [2.45, 2.75) is 26.4 Å². The molecule has 10 nitrogen and oxygen atoms in total. The van der Waals surface area contributed by atoms with Crippen molar-refractivity contribution in [2.24, 2.45) is 0 Å². The lowest BCUT2D eigenvalue weighted by Crippen LogP contribution is -2.06. The molecule has 3 N–H and O–H groups in total. The number of pyridine rings is 1. The van der Waals surface area contributed by atoms with Gasteiger partial charge in [-0.2, -0.15) is 5.10 Å². The van der Waals surface area contributed by atoms with Gasteiger partial charge in [0.2, 0.25) is 5.95 Å². The summed E-state index contributed by atoms with van der Waals surface area (Å²) in [6, 6.07) is 3.68. The van der Waals surface area contributed by atoms with E-state index in [1.165, 1.54) is 0 Å². The summed E-state index contributed by atoms with van der Waals surface area (Å²) in [5.41, 5.74) is 9.78. The molecule has 0 fully saturated rings. The summed E-state index contributed by atoms with van der Waals surface area (Å²) in [6.45, 7) is 3.78. The number of aromatic nitrogens is 5. The maximum atomic E-state index is 6.79. The van der Waals surface area contributed by atoms with Crippen LogP contribution in [0.1, 0.15) is 18.1 Å². The molecular formula is C24H28ClN7O3. The average molecular weight is 498 g/mol. The number of methoxy groups -OCH3 is 3. The second-order valence-corrected chi connectivity index (χ2v) is 8.16. The fourth-order valence-corrected chi connectivity index (χ4v) is 4.23. The number of ether oxygens (including phenoxy) is 3. The van der Waals surface area contributed by atoms with Gasteiger partial charge in [-0.15, -0.1) is 0 Å². The Kier molecular flexibility index (Phi) is 7.52. The van der Waals surface area contributed by atoms with Gasteiger partial charge in [0.1, 0.15) is 17.0 Å². The number of nitrogens with zero attached hydrogens (tertiary/aromatic N) is 5. The summed E-state index contributed by atoms with van der Waals surface area (Å²) in [7, 11) is 4.85. The van der Waals surface area contributed by atoms with Gasteiger partial charge >= 0.3 is 0 Å². The van der Waals surface area contributed by atoms with Gasteiger partial charge in [-0.25, -0.2) is 15.0 Å². The maximum Gasteiger partial charge on any atom is 0.220 e. The van der Waals surface area contributed by atoms with Gasteiger partial charge in [-0.3, -0.25) is 4.68 Å². The van der Waals surface area contributed by atoms with E-state index in [1.807, 2.05) is 23.9 Å². The van der Waals surface area contributed by atoms with E-state index in [1.54, 1.807) is 39.8 Å². The van der Waals surface area contributed by atoms with Crippen molar-refractivity contribution in [2.75, 3.05) is 39.0 Å². The van der Waals surface area contributed by atoms with E-state index in [4.69, 9.17) is 36.5 Å². The zero-order chi connectivity index (χ0) is 24.9. The van der Waals surface area contributed by atoms with Gasteiger partial charge < -0.3 is 25.3 Å². The van der Waals surface area contributed by atoms with Gasteiger partial charge in [0.15, 0.2) is 5.82 Å². The third kappa shape index (κ3) is 5.08. The molecule has 4 rings (SSSR count). The highest BCUT2D eigenvalue weighted by Crippen LogP contribution is 2.43. The molecule has 0 aliphatic carbocycles. The van der Waals surface area contributed by atoms with Crippen molar-refractivity contribution in [3.05, 3.63) is 46.9 Å². The summed E-state index contributed by atoms with van der Waals surface area (Å²) in [5.74, 6) is 1.90. The largest absolute Gasteiger partial charge is 0.496 e. The molecule has 1 aromatic carbocycles. The molecule has 0 unspecified atom stereocenters. The summed E-state index contributed by atoms with van der Waals surface area (Å²) in [4.78, 5) is 13.5. The Labute approximate surface area is 208 Å². The number of hydrogen-bond acceptors (Lipinski definition) is 9. The number of halogens is 1. The van der Waals surface area contributed by atoms with Crippen LogP contribution in [0.2, 0.25) is 5.02 Å². The number of hydrogen-bond donors (Lipinski definition) is 2. The van der Waals surface area contributed by atoms with Crippen LogP contribution in [0.5, 0.6) is 11.5 Å². The molecule has 0 spiro atoms. The minimum absolute atomic E-state index is 0.165. The molecule has 0 amide bonds. The van der Waals surface area contributed by atoms with Crippen LogP contribution in [-0.4, -0.2) is 52.7 Å². The maximum absolute atomic E-state index is 6.79. The van der Waals surface area contributed by atoms with Crippen molar-refractivity contribution < 1.29 is 14.2 Å². The Balaban J connectivity index is 1.80. The molecule has 4 aromatic rings. The number of fused-ring (bicyclic) bond motifs is 1. The third-order valence-corrected chi connectivity index (χ3v) is 5.98. The first-order valence-corrected chi connectivity index (χ1v) is 11.5. The van der Waals surface area contributed by atoms with Gasteiger partial charge in [-0.05, 0) is 12.5 Å². The molecule has 0 saturated carbocycles. The first kappa shape index (κ1) is 24.5. The van der Waals surface area contributed by atoms with E-state index in [0.717, 1.165) is 22.1 Å². The van der Waals surface area contributed by atoms with Crippen LogP contribution >= 0.6 is 11.6 Å². The molecule has 3 heterocycles. The molecule has 0 aliphatic rings. The van der Waals surface area contributed by atoms with Crippen LogP contribution in [0.25, 0.3) is 22.2 Å². The number of benzene rings is 1. The van der Waals surface area contributed by atoms with Crippen LogP contribution in [0.3, 0.4) is 0 Å². The fourth-order valence-electron chi connectivity index (χ4n) is 3.89. The van der Waals surface area contributed by atoms with E-state index in [0.29, 0.717) is 59.7 Å². The highest BCUT2D eigenvalue weighted by atomic mass is 35.5. The Bertz CT molecular complexity index is 1340. The predicted molar refractivity (Wildman–Crippen MR) is 136 cm³/mol. The van der Waals surface area contributed by atoms with E-state index in [2.05, 4.69) is 20.4 Å². The highest BCUT2D eigenvalue weighted by Gasteiger charge is 2.21. The van der Waals surface area contributed by atoms with E-state index in [-0.39, 0.29) is 5.95 Å². The molecule has 0 saturated heterocycles. The molecule has 0 aliphatic heterocycles. The number of rotatable bonds is 10. The second-order valence-electron chi connectivity index (χ2n) is 7.78. The molecule has 3 aromatic heterocycles. The quantitative estimate of drug-likeness (QED) is 0.335. The van der Waals surface area contributed by atoms with Gasteiger partial charge in [-0.1, -0.05) is 18.5 Å². The molecule has 0 radical (unpaired) electrons. The van der Waals surface area contributed by atoms with E-state index in [9.17, 15) is 0 Å². The Morgan fingerprint density at radius 3 is 2.60 bits per heavy atom. The lowest BCUT2D eigenvalue weighted by atomic mass is 9.99. The van der Waals surface area contributed by atoms with Crippen molar-refractivity contribution in [1.82, 2.24) is 24.7 Å². The lowest BCUT2D eigenvalue weighted by Gasteiger charge is -2.18. The van der Waals surface area contributed by atoms with Crippen molar-refractivity contribution in [1.29, 1.82) is 0 Å². The number of nitrogens with two attached hydrogens (primary N) is 1. The minimum atomic E-state index is 0.165. The van der Waals surface area contributed by atoms with Crippen molar-refractivity contribution >= 4 is 34.3 Å². The van der Waals surface area contributed by atoms with E-state index >= 15 is 0 Å². The van der Waals surface area contributed by atoms with Gasteiger partial charge in [0, 0.05) is 54.2 Å². The summed E-state index contributed by atoms with van der Waals surface area (Å²) >= 11 is 6.79. The van der Waals surface area contributed by atoms with Crippen molar-refractivity contribution in [3.8, 4) is 22.8 Å². The molecule has 11 heteroatoms. The van der Waals surface area contributed by atoms with Crippen LogP contribution in [0.4, 0.5) is 11.8 Å². The molecule has 0 bridgehead atoms. The summed E-state index contributed by atoms with van der Waals surface area (Å²) in [6.07, 6.45) is 6.12. The summed E-state index contributed by atoms with van der Waals surface area (Å²) in [5, 5.41) is 8.97. The number of nitrogens with one attached hydrogen (secondary N) is 1. The zero-order valence-corrected chi connectivity index (χ0v) is 20.9. The highest BCUT2D eigenvalue weighted by molar-refractivity contribution is 6.35. The van der Waals surface area contributed by atoms with Crippen LogP contribution in [0.15, 0.2) is 30.7 Å². The zero-order valence-electron chi connectivity index (χ0n) is 20.1.